The highest BCUT2D eigenvalue weighted by molar-refractivity contribution is 5.90. The summed E-state index contributed by atoms with van der Waals surface area (Å²) in [6.45, 7) is 11.0. The molecular formula is C15H22O5. The van der Waals surface area contributed by atoms with E-state index in [1.165, 1.54) is 0 Å². The van der Waals surface area contributed by atoms with Crippen LogP contribution in [0.4, 0.5) is 0 Å². The molecule has 3 atom stereocenters. The van der Waals surface area contributed by atoms with E-state index in [9.17, 15) is 14.7 Å². The Bertz CT molecular complexity index is 408. The number of aliphatic carboxylic acids is 1. The Hall–Kier alpha value is -1.62. The average Bonchev–Trinajstić information content (AvgIpc) is 2.67. The van der Waals surface area contributed by atoms with E-state index in [1.807, 2.05) is 13.8 Å². The van der Waals surface area contributed by atoms with E-state index in [0.717, 1.165) is 0 Å². The third-order valence-corrected chi connectivity index (χ3v) is 3.66. The molecule has 5 heteroatoms. The Labute approximate surface area is 118 Å². The van der Waals surface area contributed by atoms with Crippen LogP contribution >= 0.6 is 0 Å². The zero-order chi connectivity index (χ0) is 15.4. The van der Waals surface area contributed by atoms with Crippen molar-refractivity contribution in [2.75, 3.05) is 0 Å². The number of carbonyl (C=O) groups is 2. The smallest absolute Gasteiger partial charge is 0.333 e. The predicted octanol–water partition coefficient (Wildman–Crippen LogP) is 1.91. The number of carboxylic acid groups (broad SMARTS) is 1. The summed E-state index contributed by atoms with van der Waals surface area (Å²) in [5.74, 6) is -1.79. The SMILES string of the molecule is C=C1C[C@@H]([C@@H](O)C(=C)CC[C@H](C(=O)O)C(C)C)OC1=O. The summed E-state index contributed by atoms with van der Waals surface area (Å²) in [5, 5.41) is 19.2. The molecule has 2 N–H and O–H groups in total. The molecule has 0 radical (unpaired) electrons. The van der Waals surface area contributed by atoms with Gasteiger partial charge in [0.2, 0.25) is 0 Å². The predicted molar refractivity (Wildman–Crippen MR) is 74.0 cm³/mol. The first-order valence-corrected chi connectivity index (χ1v) is 6.71. The van der Waals surface area contributed by atoms with E-state index >= 15 is 0 Å². The van der Waals surface area contributed by atoms with Crippen LogP contribution in [0.3, 0.4) is 0 Å². The van der Waals surface area contributed by atoms with Gasteiger partial charge in [-0.2, -0.15) is 0 Å². The number of hydrogen-bond acceptors (Lipinski definition) is 4. The van der Waals surface area contributed by atoms with Gasteiger partial charge in [-0.15, -0.1) is 0 Å². The Kier molecular flexibility index (Phi) is 5.51. The third kappa shape index (κ3) is 3.93. The molecule has 1 fully saturated rings. The summed E-state index contributed by atoms with van der Waals surface area (Å²) < 4.78 is 4.99. The lowest BCUT2D eigenvalue weighted by Crippen LogP contribution is -2.28. The second-order valence-corrected chi connectivity index (χ2v) is 5.58. The van der Waals surface area contributed by atoms with Crippen LogP contribution in [0, 0.1) is 11.8 Å². The zero-order valence-corrected chi connectivity index (χ0v) is 12.0. The number of cyclic esters (lactones) is 1. The summed E-state index contributed by atoms with van der Waals surface area (Å²) >= 11 is 0. The molecule has 1 aliphatic heterocycles. The highest BCUT2D eigenvalue weighted by atomic mass is 16.6. The fraction of sp³-hybridized carbons (Fsp3) is 0.600. The second kappa shape index (κ2) is 6.70. The van der Waals surface area contributed by atoms with Crippen LogP contribution in [0.25, 0.3) is 0 Å². The molecule has 20 heavy (non-hydrogen) atoms. The summed E-state index contributed by atoms with van der Waals surface area (Å²) in [5.41, 5.74) is 0.830. The van der Waals surface area contributed by atoms with Gasteiger partial charge in [-0.05, 0) is 24.3 Å². The number of hydrogen-bond donors (Lipinski definition) is 2. The van der Waals surface area contributed by atoms with E-state index in [0.29, 0.717) is 24.0 Å². The lowest BCUT2D eigenvalue weighted by atomic mass is 9.88. The van der Waals surface area contributed by atoms with Crippen molar-refractivity contribution in [1.82, 2.24) is 0 Å². The molecule has 0 bridgehead atoms. The molecule has 0 aromatic heterocycles. The number of carbonyl (C=O) groups excluding carboxylic acids is 1. The molecule has 5 nitrogen and oxygen atoms in total. The van der Waals surface area contributed by atoms with Crippen LogP contribution in [0.1, 0.15) is 33.1 Å². The number of carboxylic acids is 1. The highest BCUT2D eigenvalue weighted by Crippen LogP contribution is 2.27. The van der Waals surface area contributed by atoms with Crippen molar-refractivity contribution >= 4 is 11.9 Å². The summed E-state index contributed by atoms with van der Waals surface area (Å²) in [6, 6.07) is 0. The number of esters is 1. The maximum absolute atomic E-state index is 11.2. The van der Waals surface area contributed by atoms with Crippen LogP contribution in [0.15, 0.2) is 24.3 Å². The molecule has 0 spiro atoms. The molecule has 112 valence electrons. The molecule has 0 amide bonds. The Balaban J connectivity index is 2.52. The maximum Gasteiger partial charge on any atom is 0.333 e. The number of aliphatic hydroxyl groups is 1. The number of ether oxygens (including phenoxy) is 1. The van der Waals surface area contributed by atoms with Crippen molar-refractivity contribution in [2.45, 2.75) is 45.3 Å². The lowest BCUT2D eigenvalue weighted by Gasteiger charge is -2.21. The van der Waals surface area contributed by atoms with Gasteiger partial charge in [-0.1, -0.05) is 27.0 Å². The molecule has 0 unspecified atom stereocenters. The summed E-state index contributed by atoms with van der Waals surface area (Å²) in [7, 11) is 0. The molecule has 0 aromatic carbocycles. The molecule has 0 saturated carbocycles. The summed E-state index contributed by atoms with van der Waals surface area (Å²) in [6.07, 6.45) is -0.544. The van der Waals surface area contributed by atoms with Gasteiger partial charge in [0, 0.05) is 12.0 Å². The largest absolute Gasteiger partial charge is 0.481 e. The quantitative estimate of drug-likeness (QED) is 0.423. The van der Waals surface area contributed by atoms with Crippen molar-refractivity contribution in [3.63, 3.8) is 0 Å². The first kappa shape index (κ1) is 16.4. The van der Waals surface area contributed by atoms with Crippen LogP contribution in [-0.4, -0.2) is 34.4 Å². The maximum atomic E-state index is 11.2. The van der Waals surface area contributed by atoms with E-state index < -0.39 is 30.1 Å². The minimum absolute atomic E-state index is 0.0153. The molecule has 1 heterocycles. The fourth-order valence-corrected chi connectivity index (χ4v) is 2.26. The van der Waals surface area contributed by atoms with Gasteiger partial charge < -0.3 is 14.9 Å². The van der Waals surface area contributed by atoms with Crippen LogP contribution in [0.5, 0.6) is 0 Å². The standard InChI is InChI=1S/C15H22O5/c1-8(2)11(14(17)18)6-5-9(3)13(16)12-7-10(4)15(19)20-12/h8,11-13,16H,3-7H2,1-2H3,(H,17,18)/t11-,12-,13-/m0/s1. The minimum Gasteiger partial charge on any atom is -0.481 e. The van der Waals surface area contributed by atoms with Crippen LogP contribution < -0.4 is 0 Å². The molecule has 0 aliphatic carbocycles. The van der Waals surface area contributed by atoms with Gasteiger partial charge in [-0.3, -0.25) is 4.79 Å². The molecular weight excluding hydrogens is 260 g/mol. The van der Waals surface area contributed by atoms with Crippen LogP contribution in [-0.2, 0) is 14.3 Å². The molecule has 1 aliphatic rings. The minimum atomic E-state index is -0.972. The normalized spacial score (nSPS) is 21.7. The molecule has 0 aromatic rings. The van der Waals surface area contributed by atoms with Crippen molar-refractivity contribution in [1.29, 1.82) is 0 Å². The number of rotatable bonds is 7. The lowest BCUT2D eigenvalue weighted by molar-refractivity contribution is -0.143. The van der Waals surface area contributed by atoms with Crippen molar-refractivity contribution < 1.29 is 24.5 Å². The van der Waals surface area contributed by atoms with Gasteiger partial charge >= 0.3 is 11.9 Å². The molecule has 1 rings (SSSR count). The zero-order valence-electron chi connectivity index (χ0n) is 12.0. The third-order valence-electron chi connectivity index (χ3n) is 3.66. The van der Waals surface area contributed by atoms with E-state index in [1.54, 1.807) is 0 Å². The fourth-order valence-electron chi connectivity index (χ4n) is 2.26. The summed E-state index contributed by atoms with van der Waals surface area (Å²) in [4.78, 5) is 22.3. The van der Waals surface area contributed by atoms with Gasteiger partial charge in [-0.25, -0.2) is 4.79 Å². The Morgan fingerprint density at radius 2 is 2.10 bits per heavy atom. The average molecular weight is 282 g/mol. The van der Waals surface area contributed by atoms with E-state index in [-0.39, 0.29) is 12.3 Å². The first-order valence-electron chi connectivity index (χ1n) is 6.71. The van der Waals surface area contributed by atoms with Crippen LogP contribution in [0.2, 0.25) is 0 Å². The van der Waals surface area contributed by atoms with Crippen molar-refractivity contribution in [3.05, 3.63) is 24.3 Å². The second-order valence-electron chi connectivity index (χ2n) is 5.58. The van der Waals surface area contributed by atoms with Crippen molar-refractivity contribution in [3.8, 4) is 0 Å². The highest BCUT2D eigenvalue weighted by Gasteiger charge is 2.34. The number of aliphatic hydroxyl groups excluding tert-OH is 1. The Morgan fingerprint density at radius 3 is 2.50 bits per heavy atom. The van der Waals surface area contributed by atoms with E-state index in [2.05, 4.69) is 13.2 Å². The first-order chi connectivity index (χ1) is 9.23. The van der Waals surface area contributed by atoms with Gasteiger partial charge in [0.05, 0.1) is 5.92 Å². The van der Waals surface area contributed by atoms with Gasteiger partial charge in [0.1, 0.15) is 12.2 Å². The van der Waals surface area contributed by atoms with E-state index in [4.69, 9.17) is 9.84 Å². The molecule has 1 saturated heterocycles. The monoisotopic (exact) mass is 282 g/mol. The Morgan fingerprint density at radius 1 is 1.50 bits per heavy atom. The van der Waals surface area contributed by atoms with Crippen molar-refractivity contribution in [2.24, 2.45) is 11.8 Å². The van der Waals surface area contributed by atoms with Gasteiger partial charge in [0.15, 0.2) is 0 Å². The topological polar surface area (TPSA) is 83.8 Å². The van der Waals surface area contributed by atoms with Gasteiger partial charge in [0.25, 0.3) is 0 Å².